The molecule has 4 nitrogen and oxygen atoms in total. The highest BCUT2D eigenvalue weighted by Crippen LogP contribution is 2.26. The Morgan fingerprint density at radius 2 is 1.80 bits per heavy atom. The second kappa shape index (κ2) is 8.82. The molecule has 1 aromatic carbocycles. The van der Waals surface area contributed by atoms with Crippen LogP contribution < -0.4 is 16.0 Å². The van der Waals surface area contributed by atoms with Gasteiger partial charge in [-0.3, -0.25) is 0 Å². The lowest BCUT2D eigenvalue weighted by Gasteiger charge is -2.30. The molecule has 0 amide bonds. The zero-order valence-electron chi connectivity index (χ0n) is 12.3. The average Bonchev–Trinajstić information content (AvgIpc) is 2.52. The monoisotopic (exact) mass is 277 g/mol. The molecule has 3 N–H and O–H groups in total. The van der Waals surface area contributed by atoms with Crippen molar-refractivity contribution in [2.75, 3.05) is 49.6 Å². The van der Waals surface area contributed by atoms with Crippen molar-refractivity contribution in [3.8, 4) is 0 Å². The number of nitrogens with two attached hydrogens (primary N) is 1. The lowest BCUT2D eigenvalue weighted by molar-refractivity contribution is 0.123. The Morgan fingerprint density at radius 1 is 1.05 bits per heavy atom. The van der Waals surface area contributed by atoms with E-state index in [1.165, 1.54) is 30.6 Å². The maximum absolute atomic E-state index is 5.51. The first-order chi connectivity index (χ1) is 9.92. The van der Waals surface area contributed by atoms with Crippen molar-refractivity contribution in [1.29, 1.82) is 0 Å². The lowest BCUT2D eigenvalue weighted by atomic mass is 10.2. The fourth-order valence-electron chi connectivity index (χ4n) is 2.55. The van der Waals surface area contributed by atoms with Gasteiger partial charge in [0.05, 0.1) is 24.6 Å². The van der Waals surface area contributed by atoms with Gasteiger partial charge in [0.25, 0.3) is 0 Å². The summed E-state index contributed by atoms with van der Waals surface area (Å²) in [4.78, 5) is 2.40. The minimum absolute atomic E-state index is 0.813. The zero-order valence-corrected chi connectivity index (χ0v) is 12.3. The number of ether oxygens (including phenoxy) is 1. The molecule has 2 rings (SSSR count). The second-order valence-electron chi connectivity index (χ2n) is 5.25. The van der Waals surface area contributed by atoms with Crippen molar-refractivity contribution in [3.63, 3.8) is 0 Å². The van der Waals surface area contributed by atoms with E-state index >= 15 is 0 Å². The molecule has 1 heterocycles. The van der Waals surface area contributed by atoms with Gasteiger partial charge in [-0.25, -0.2) is 0 Å². The molecule has 1 saturated heterocycles. The van der Waals surface area contributed by atoms with E-state index in [1.807, 2.05) is 0 Å². The van der Waals surface area contributed by atoms with Crippen molar-refractivity contribution >= 4 is 11.4 Å². The largest absolute Gasteiger partial charge is 0.383 e. The first-order valence-corrected chi connectivity index (χ1v) is 7.77. The normalized spacial score (nSPS) is 15.3. The van der Waals surface area contributed by atoms with Crippen LogP contribution in [0.1, 0.15) is 25.7 Å². The Hall–Kier alpha value is -1.26. The number of benzene rings is 1. The van der Waals surface area contributed by atoms with Gasteiger partial charge in [0.1, 0.15) is 0 Å². The van der Waals surface area contributed by atoms with E-state index in [1.54, 1.807) is 0 Å². The fraction of sp³-hybridized carbons (Fsp3) is 0.625. The van der Waals surface area contributed by atoms with E-state index in [2.05, 4.69) is 34.5 Å². The van der Waals surface area contributed by atoms with Crippen molar-refractivity contribution < 1.29 is 4.74 Å². The van der Waals surface area contributed by atoms with Crippen LogP contribution in [-0.4, -0.2) is 39.4 Å². The molecule has 1 aliphatic rings. The topological polar surface area (TPSA) is 50.5 Å². The zero-order chi connectivity index (χ0) is 14.0. The van der Waals surface area contributed by atoms with Crippen LogP contribution in [0.25, 0.3) is 0 Å². The molecule has 0 aliphatic carbocycles. The van der Waals surface area contributed by atoms with Gasteiger partial charge in [0.15, 0.2) is 0 Å². The van der Waals surface area contributed by atoms with Crippen LogP contribution in [0.5, 0.6) is 0 Å². The first kappa shape index (κ1) is 15.1. The third-order valence-corrected chi connectivity index (χ3v) is 3.70. The third kappa shape index (κ3) is 4.69. The maximum atomic E-state index is 5.51. The highest BCUT2D eigenvalue weighted by atomic mass is 16.5. The standard InChI is InChI=1S/C16H27N3O/c17-9-5-1-2-6-10-18-15-7-3-4-8-16(15)19-11-13-20-14-12-19/h3-4,7-8,18H,1-2,5-6,9-14,17H2. The molecule has 0 unspecified atom stereocenters. The van der Waals surface area contributed by atoms with Gasteiger partial charge in [-0.2, -0.15) is 0 Å². The van der Waals surface area contributed by atoms with Crippen molar-refractivity contribution in [1.82, 2.24) is 0 Å². The summed E-state index contributed by atoms with van der Waals surface area (Å²) in [5, 5.41) is 3.57. The number of rotatable bonds is 8. The van der Waals surface area contributed by atoms with Gasteiger partial charge in [0.2, 0.25) is 0 Å². The van der Waals surface area contributed by atoms with E-state index in [-0.39, 0.29) is 0 Å². The van der Waals surface area contributed by atoms with E-state index in [4.69, 9.17) is 10.5 Å². The molecule has 20 heavy (non-hydrogen) atoms. The van der Waals surface area contributed by atoms with E-state index in [0.717, 1.165) is 45.8 Å². The Labute approximate surface area is 122 Å². The van der Waals surface area contributed by atoms with Gasteiger partial charge in [-0.05, 0) is 31.5 Å². The summed E-state index contributed by atoms with van der Waals surface area (Å²) < 4.78 is 5.42. The van der Waals surface area contributed by atoms with E-state index < -0.39 is 0 Å². The second-order valence-corrected chi connectivity index (χ2v) is 5.25. The minimum Gasteiger partial charge on any atom is -0.383 e. The molecule has 0 saturated carbocycles. The molecule has 0 radical (unpaired) electrons. The molecular formula is C16H27N3O. The molecule has 0 bridgehead atoms. The Bertz CT molecular complexity index is 378. The number of unbranched alkanes of at least 4 members (excludes halogenated alkanes) is 3. The summed E-state index contributed by atoms with van der Waals surface area (Å²) in [6.07, 6.45) is 4.84. The summed E-state index contributed by atoms with van der Waals surface area (Å²) in [6, 6.07) is 8.57. The lowest BCUT2D eigenvalue weighted by Crippen LogP contribution is -2.36. The minimum atomic E-state index is 0.813. The van der Waals surface area contributed by atoms with Crippen molar-refractivity contribution in [2.24, 2.45) is 5.73 Å². The fourth-order valence-corrected chi connectivity index (χ4v) is 2.55. The summed E-state index contributed by atoms with van der Waals surface area (Å²) in [5.41, 5.74) is 8.05. The number of morpholine rings is 1. The third-order valence-electron chi connectivity index (χ3n) is 3.70. The van der Waals surface area contributed by atoms with Gasteiger partial charge in [-0.15, -0.1) is 0 Å². The van der Waals surface area contributed by atoms with Gasteiger partial charge < -0.3 is 20.7 Å². The maximum Gasteiger partial charge on any atom is 0.0642 e. The number of nitrogens with one attached hydrogen (secondary N) is 1. The van der Waals surface area contributed by atoms with Gasteiger partial charge in [0, 0.05) is 19.6 Å². The van der Waals surface area contributed by atoms with Crippen LogP contribution in [0, 0.1) is 0 Å². The summed E-state index contributed by atoms with van der Waals surface area (Å²) >= 11 is 0. The molecule has 1 fully saturated rings. The SMILES string of the molecule is NCCCCCCNc1ccccc1N1CCOCC1. The molecule has 0 aromatic heterocycles. The highest BCUT2D eigenvalue weighted by Gasteiger charge is 2.13. The van der Waals surface area contributed by atoms with Crippen LogP contribution in [-0.2, 0) is 4.74 Å². The van der Waals surface area contributed by atoms with Crippen LogP contribution in [0.4, 0.5) is 11.4 Å². The summed E-state index contributed by atoms with van der Waals surface area (Å²) in [5.74, 6) is 0. The summed E-state index contributed by atoms with van der Waals surface area (Å²) in [6.45, 7) is 5.46. The van der Waals surface area contributed by atoms with Crippen LogP contribution in [0.2, 0.25) is 0 Å². The number of anilines is 2. The molecule has 1 aliphatic heterocycles. The Morgan fingerprint density at radius 3 is 2.60 bits per heavy atom. The number of nitrogens with zero attached hydrogens (tertiary/aromatic N) is 1. The van der Waals surface area contributed by atoms with E-state index in [9.17, 15) is 0 Å². The van der Waals surface area contributed by atoms with Crippen molar-refractivity contribution in [3.05, 3.63) is 24.3 Å². The number of hydrogen-bond donors (Lipinski definition) is 2. The van der Waals surface area contributed by atoms with Crippen LogP contribution >= 0.6 is 0 Å². The molecule has 0 spiro atoms. The summed E-state index contributed by atoms with van der Waals surface area (Å²) in [7, 11) is 0. The highest BCUT2D eigenvalue weighted by molar-refractivity contribution is 5.70. The quantitative estimate of drug-likeness (QED) is 0.717. The predicted octanol–water partition coefficient (Wildman–Crippen LogP) is 2.45. The van der Waals surface area contributed by atoms with Gasteiger partial charge >= 0.3 is 0 Å². The van der Waals surface area contributed by atoms with Gasteiger partial charge in [-0.1, -0.05) is 25.0 Å². The first-order valence-electron chi connectivity index (χ1n) is 7.77. The van der Waals surface area contributed by atoms with E-state index in [0.29, 0.717) is 0 Å². The molecule has 1 aromatic rings. The molecular weight excluding hydrogens is 250 g/mol. The molecule has 0 atom stereocenters. The van der Waals surface area contributed by atoms with Crippen LogP contribution in [0.3, 0.4) is 0 Å². The average molecular weight is 277 g/mol. The molecule has 112 valence electrons. The smallest absolute Gasteiger partial charge is 0.0642 e. The van der Waals surface area contributed by atoms with Crippen LogP contribution in [0.15, 0.2) is 24.3 Å². The van der Waals surface area contributed by atoms with Crippen molar-refractivity contribution in [2.45, 2.75) is 25.7 Å². The Balaban J connectivity index is 1.81. The number of para-hydroxylation sites is 2. The Kier molecular flexibility index (Phi) is 6.68. The molecule has 4 heteroatoms. The number of hydrogen-bond acceptors (Lipinski definition) is 4. The predicted molar refractivity (Wildman–Crippen MR) is 85.5 cm³/mol.